The summed E-state index contributed by atoms with van der Waals surface area (Å²) in [6, 6.07) is 1.12. The third-order valence-electron chi connectivity index (χ3n) is 3.73. The number of allylic oxidation sites excluding steroid dienone is 4. The van der Waals surface area contributed by atoms with Crippen LogP contribution in [0, 0.1) is 5.92 Å². The van der Waals surface area contributed by atoms with E-state index in [1.54, 1.807) is 12.2 Å². The van der Waals surface area contributed by atoms with Gasteiger partial charge in [0, 0.05) is 12.1 Å². The minimum atomic E-state index is -2.59. The van der Waals surface area contributed by atoms with Gasteiger partial charge in [0.05, 0.1) is 5.92 Å². The maximum Gasteiger partial charge on any atom is 0.358 e. The minimum absolute atomic E-state index is 0.0320. The average Bonchev–Trinajstić information content (AvgIpc) is 2.49. The number of halogens is 1. The Balaban J connectivity index is 4.49. The molecule has 0 aromatic rings. The molecule has 0 heterocycles. The first-order valence-electron chi connectivity index (χ1n) is 8.81. The second-order valence-corrected chi connectivity index (χ2v) is 10.8. The van der Waals surface area contributed by atoms with Crippen LogP contribution in [0.4, 0.5) is 0 Å². The van der Waals surface area contributed by atoms with Crippen LogP contribution >= 0.6 is 11.1 Å². The van der Waals surface area contributed by atoms with Crippen LogP contribution in [0.3, 0.4) is 0 Å². The highest BCUT2D eigenvalue weighted by Gasteiger charge is 2.36. The lowest BCUT2D eigenvalue weighted by atomic mass is 9.97. The topological polar surface area (TPSA) is 26.3 Å². The minimum Gasteiger partial charge on any atom is -0.503 e. The maximum absolute atomic E-state index is 12.5. The van der Waals surface area contributed by atoms with Gasteiger partial charge in [0.1, 0.15) is 0 Å². The van der Waals surface area contributed by atoms with Crippen molar-refractivity contribution in [3.8, 4) is 0 Å². The van der Waals surface area contributed by atoms with Crippen LogP contribution in [0.5, 0.6) is 0 Å². The largest absolute Gasteiger partial charge is 0.503 e. The zero-order valence-electron chi connectivity index (χ0n) is 14.9. The number of rotatable bonds is 14. The van der Waals surface area contributed by atoms with E-state index in [4.69, 9.17) is 15.5 Å². The Morgan fingerprint density at radius 3 is 2.30 bits per heavy atom. The highest BCUT2D eigenvalue weighted by Crippen LogP contribution is 2.27. The van der Waals surface area contributed by atoms with Crippen LogP contribution in [0.2, 0.25) is 12.1 Å². The first-order valence-corrected chi connectivity index (χ1v) is 12.1. The first-order chi connectivity index (χ1) is 11.0. The Bertz CT molecular complexity index is 370. The van der Waals surface area contributed by atoms with Crippen molar-refractivity contribution in [1.82, 2.24) is 0 Å². The van der Waals surface area contributed by atoms with E-state index >= 15 is 0 Å². The Morgan fingerprint density at radius 1 is 1.13 bits per heavy atom. The SMILES string of the molecule is C=CC[Si](Cl)(CC=C)OC(=O)C(CCC)CCCCC=CCC. The van der Waals surface area contributed by atoms with Gasteiger partial charge in [0.2, 0.25) is 0 Å². The van der Waals surface area contributed by atoms with Gasteiger partial charge in [0.25, 0.3) is 5.97 Å². The van der Waals surface area contributed by atoms with Crippen molar-refractivity contribution in [1.29, 1.82) is 0 Å². The van der Waals surface area contributed by atoms with E-state index in [1.165, 1.54) is 0 Å². The van der Waals surface area contributed by atoms with Gasteiger partial charge in [-0.15, -0.1) is 24.2 Å². The van der Waals surface area contributed by atoms with E-state index in [2.05, 4.69) is 39.2 Å². The molecule has 23 heavy (non-hydrogen) atoms. The van der Waals surface area contributed by atoms with Crippen molar-refractivity contribution in [2.24, 2.45) is 5.92 Å². The number of carbonyl (C=O) groups excluding carboxylic acids is 1. The van der Waals surface area contributed by atoms with Crippen LogP contribution in [0.15, 0.2) is 37.5 Å². The van der Waals surface area contributed by atoms with Crippen molar-refractivity contribution in [2.45, 2.75) is 70.9 Å². The van der Waals surface area contributed by atoms with E-state index in [9.17, 15) is 4.79 Å². The molecule has 0 saturated heterocycles. The molecule has 0 saturated carbocycles. The third-order valence-corrected chi connectivity index (χ3v) is 7.25. The van der Waals surface area contributed by atoms with Crippen LogP contribution in [-0.4, -0.2) is 13.6 Å². The Hall–Kier alpha value is -0.803. The summed E-state index contributed by atoms with van der Waals surface area (Å²) in [5.74, 6) is -0.156. The predicted octanol–water partition coefficient (Wildman–Crippen LogP) is 6.53. The summed E-state index contributed by atoms with van der Waals surface area (Å²) in [7, 11) is -2.59. The van der Waals surface area contributed by atoms with Gasteiger partial charge in [0.15, 0.2) is 0 Å². The van der Waals surface area contributed by atoms with Crippen molar-refractivity contribution >= 4 is 24.7 Å². The molecule has 2 nitrogen and oxygen atoms in total. The molecule has 1 unspecified atom stereocenters. The van der Waals surface area contributed by atoms with Gasteiger partial charge in [-0.25, -0.2) is 0 Å². The van der Waals surface area contributed by atoms with E-state index in [-0.39, 0.29) is 11.9 Å². The molecular formula is C19H33ClO2Si. The smallest absolute Gasteiger partial charge is 0.358 e. The van der Waals surface area contributed by atoms with Crippen LogP contribution in [0.1, 0.15) is 58.8 Å². The second kappa shape index (κ2) is 13.6. The summed E-state index contributed by atoms with van der Waals surface area (Å²) < 4.78 is 5.74. The van der Waals surface area contributed by atoms with Crippen LogP contribution < -0.4 is 0 Å². The molecule has 0 aliphatic carbocycles. The fraction of sp³-hybridized carbons (Fsp3) is 0.632. The molecule has 0 aliphatic rings. The third kappa shape index (κ3) is 10.6. The molecule has 0 aliphatic heterocycles. The van der Waals surface area contributed by atoms with Gasteiger partial charge >= 0.3 is 7.63 Å². The summed E-state index contributed by atoms with van der Waals surface area (Å²) in [6.45, 7) is 11.7. The maximum atomic E-state index is 12.5. The molecule has 0 radical (unpaired) electrons. The lowest BCUT2D eigenvalue weighted by Gasteiger charge is -2.25. The zero-order valence-corrected chi connectivity index (χ0v) is 16.6. The lowest BCUT2D eigenvalue weighted by molar-refractivity contribution is -0.140. The van der Waals surface area contributed by atoms with Gasteiger partial charge in [-0.1, -0.05) is 51.0 Å². The van der Waals surface area contributed by atoms with Gasteiger partial charge in [-0.3, -0.25) is 4.79 Å². The number of hydrogen-bond acceptors (Lipinski definition) is 2. The number of hydrogen-bond donors (Lipinski definition) is 0. The highest BCUT2D eigenvalue weighted by atomic mass is 35.6. The molecule has 0 rings (SSSR count). The molecule has 132 valence electrons. The van der Waals surface area contributed by atoms with Gasteiger partial charge in [-0.05, 0) is 32.1 Å². The van der Waals surface area contributed by atoms with Crippen molar-refractivity contribution in [3.05, 3.63) is 37.5 Å². The normalized spacial score (nSPS) is 13.0. The molecule has 0 amide bonds. The Morgan fingerprint density at radius 2 is 1.78 bits per heavy atom. The molecule has 0 spiro atoms. The predicted molar refractivity (Wildman–Crippen MR) is 104 cm³/mol. The summed E-state index contributed by atoms with van der Waals surface area (Å²) in [5, 5.41) is 0. The van der Waals surface area contributed by atoms with Crippen LogP contribution in [0.25, 0.3) is 0 Å². The summed E-state index contributed by atoms with van der Waals surface area (Å²) in [6.07, 6.45) is 15.0. The molecule has 0 fully saturated rings. The van der Waals surface area contributed by atoms with E-state index in [1.807, 2.05) is 0 Å². The Kier molecular flexibility index (Phi) is 13.1. The molecule has 4 heteroatoms. The van der Waals surface area contributed by atoms with E-state index < -0.39 is 7.63 Å². The van der Waals surface area contributed by atoms with Crippen molar-refractivity contribution in [2.75, 3.05) is 0 Å². The highest BCUT2D eigenvalue weighted by molar-refractivity contribution is 7.17. The second-order valence-electron chi connectivity index (χ2n) is 5.94. The van der Waals surface area contributed by atoms with E-state index in [0.29, 0.717) is 12.1 Å². The monoisotopic (exact) mass is 356 g/mol. The average molecular weight is 357 g/mol. The molecule has 0 aromatic carbocycles. The van der Waals surface area contributed by atoms with Crippen molar-refractivity contribution < 1.29 is 9.22 Å². The number of carbonyl (C=O) groups is 1. The summed E-state index contributed by atoms with van der Waals surface area (Å²) in [4.78, 5) is 12.5. The summed E-state index contributed by atoms with van der Waals surface area (Å²) in [5.41, 5.74) is 0. The fourth-order valence-corrected chi connectivity index (χ4v) is 5.13. The molecule has 1 atom stereocenters. The Labute approximate surface area is 148 Å². The molecule has 0 bridgehead atoms. The van der Waals surface area contributed by atoms with Crippen molar-refractivity contribution in [3.63, 3.8) is 0 Å². The zero-order chi connectivity index (χ0) is 17.6. The fourth-order valence-electron chi connectivity index (χ4n) is 2.53. The van der Waals surface area contributed by atoms with Gasteiger partial charge < -0.3 is 4.43 Å². The first kappa shape index (κ1) is 22.2. The van der Waals surface area contributed by atoms with Gasteiger partial charge in [-0.2, -0.15) is 0 Å². The van der Waals surface area contributed by atoms with E-state index in [0.717, 1.165) is 44.9 Å². The van der Waals surface area contributed by atoms with Crippen LogP contribution in [-0.2, 0) is 9.22 Å². The molecular weight excluding hydrogens is 324 g/mol. The number of unbranched alkanes of at least 4 members (excludes halogenated alkanes) is 2. The lowest BCUT2D eigenvalue weighted by Crippen LogP contribution is -2.36. The summed E-state index contributed by atoms with van der Waals surface area (Å²) >= 11 is 6.54. The molecule has 0 aromatic heterocycles. The molecule has 0 N–H and O–H groups in total. The standard InChI is InChI=1S/C19H33ClO2Si/c1-5-9-10-11-12-13-15-18(14-6-2)19(21)22-23(20,16-7-3)17-8-4/h7-10,18H,3-6,11-17H2,1-2H3. The quantitative estimate of drug-likeness (QED) is 0.153.